The monoisotopic (exact) mass is 400 g/mol. The number of carbonyl (C=O) groups excluding carboxylic acids is 2. The van der Waals surface area contributed by atoms with E-state index in [1.54, 1.807) is 0 Å². The number of piperidine rings is 1. The first-order valence-corrected chi connectivity index (χ1v) is 10.8. The van der Waals surface area contributed by atoms with Crippen molar-refractivity contribution < 1.29 is 19.1 Å². The zero-order valence-corrected chi connectivity index (χ0v) is 17.7. The molecule has 2 atom stereocenters. The second-order valence-electron chi connectivity index (χ2n) is 9.64. The average molecular weight is 401 g/mol. The second-order valence-corrected chi connectivity index (χ2v) is 9.64. The predicted octanol–water partition coefficient (Wildman–Crippen LogP) is 2.49. The molecule has 1 spiro atoms. The zero-order valence-electron chi connectivity index (χ0n) is 17.7. The standard InChI is InChI=1S/C23H32N2O4/c1-22(2,3)29-21(27)19-20(26)17-13-15(12-16-6-9-25-14-16)4-5-18(17)28-23(19)7-10-24-11-8-23/h4-5,13,16,19,24-25H,6-12,14H2,1-3H3. The summed E-state index contributed by atoms with van der Waals surface area (Å²) in [5, 5.41) is 6.69. The van der Waals surface area contributed by atoms with Crippen molar-refractivity contribution in [2.45, 2.75) is 57.7 Å². The fraction of sp³-hybridized carbons (Fsp3) is 0.652. The van der Waals surface area contributed by atoms with E-state index in [0.717, 1.165) is 31.5 Å². The van der Waals surface area contributed by atoms with Crippen LogP contribution in [-0.2, 0) is 16.0 Å². The largest absolute Gasteiger partial charge is 0.485 e. The highest BCUT2D eigenvalue weighted by atomic mass is 16.6. The summed E-state index contributed by atoms with van der Waals surface area (Å²) in [6, 6.07) is 5.91. The van der Waals surface area contributed by atoms with Gasteiger partial charge in [-0.05, 0) is 83.4 Å². The number of nitrogens with one attached hydrogen (secondary N) is 2. The molecule has 1 aromatic carbocycles. The molecular formula is C23H32N2O4. The van der Waals surface area contributed by atoms with E-state index in [4.69, 9.17) is 9.47 Å². The third kappa shape index (κ3) is 4.19. The van der Waals surface area contributed by atoms with E-state index in [1.165, 1.54) is 0 Å². The molecule has 4 rings (SSSR count). The Morgan fingerprint density at radius 1 is 1.21 bits per heavy atom. The van der Waals surface area contributed by atoms with Crippen molar-refractivity contribution in [1.29, 1.82) is 0 Å². The summed E-state index contributed by atoms with van der Waals surface area (Å²) in [7, 11) is 0. The van der Waals surface area contributed by atoms with E-state index in [-0.39, 0.29) is 5.78 Å². The van der Waals surface area contributed by atoms with Gasteiger partial charge in [0.25, 0.3) is 0 Å². The number of ketones is 1. The molecular weight excluding hydrogens is 368 g/mol. The van der Waals surface area contributed by atoms with Gasteiger partial charge >= 0.3 is 5.97 Å². The van der Waals surface area contributed by atoms with Gasteiger partial charge in [0.15, 0.2) is 11.7 Å². The van der Waals surface area contributed by atoms with Gasteiger partial charge in [-0.1, -0.05) is 6.07 Å². The van der Waals surface area contributed by atoms with Crippen molar-refractivity contribution in [3.63, 3.8) is 0 Å². The summed E-state index contributed by atoms with van der Waals surface area (Å²) in [4.78, 5) is 26.7. The molecule has 2 fully saturated rings. The molecule has 0 bridgehead atoms. The lowest BCUT2D eigenvalue weighted by Crippen LogP contribution is -2.59. The minimum Gasteiger partial charge on any atom is -0.485 e. The number of fused-ring (bicyclic) bond motifs is 1. The second kappa shape index (κ2) is 7.73. The van der Waals surface area contributed by atoms with Gasteiger partial charge in [-0.25, -0.2) is 0 Å². The Hall–Kier alpha value is -1.92. The Morgan fingerprint density at radius 2 is 1.97 bits per heavy atom. The number of carbonyl (C=O) groups is 2. The van der Waals surface area contributed by atoms with E-state index in [9.17, 15) is 9.59 Å². The van der Waals surface area contributed by atoms with Gasteiger partial charge in [0.1, 0.15) is 17.0 Å². The lowest BCUT2D eigenvalue weighted by molar-refractivity contribution is -0.166. The molecule has 0 amide bonds. The van der Waals surface area contributed by atoms with Crippen LogP contribution < -0.4 is 15.4 Å². The van der Waals surface area contributed by atoms with Crippen LogP contribution in [0.2, 0.25) is 0 Å². The van der Waals surface area contributed by atoms with Gasteiger partial charge in [0.05, 0.1) is 5.56 Å². The first kappa shape index (κ1) is 20.4. The number of esters is 1. The lowest BCUT2D eigenvalue weighted by atomic mass is 9.73. The van der Waals surface area contributed by atoms with Crippen LogP contribution in [0.4, 0.5) is 0 Å². The molecule has 29 heavy (non-hydrogen) atoms. The molecule has 0 radical (unpaired) electrons. The molecule has 0 aromatic heterocycles. The van der Waals surface area contributed by atoms with Gasteiger partial charge in [0, 0.05) is 12.8 Å². The fourth-order valence-electron chi connectivity index (χ4n) is 4.80. The third-order valence-electron chi connectivity index (χ3n) is 6.19. The Balaban J connectivity index is 1.67. The first-order valence-electron chi connectivity index (χ1n) is 10.8. The molecule has 1 aromatic rings. The van der Waals surface area contributed by atoms with E-state index in [0.29, 0.717) is 43.2 Å². The summed E-state index contributed by atoms with van der Waals surface area (Å²) in [5.41, 5.74) is 0.171. The van der Waals surface area contributed by atoms with E-state index < -0.39 is 23.1 Å². The van der Waals surface area contributed by atoms with Crippen molar-refractivity contribution >= 4 is 11.8 Å². The Labute approximate surface area is 172 Å². The molecule has 2 N–H and O–H groups in total. The van der Waals surface area contributed by atoms with Crippen LogP contribution in [0.15, 0.2) is 18.2 Å². The smallest absolute Gasteiger partial charge is 0.321 e. The molecule has 158 valence electrons. The molecule has 0 saturated carbocycles. The average Bonchev–Trinajstić information content (AvgIpc) is 3.14. The summed E-state index contributed by atoms with van der Waals surface area (Å²) in [5.74, 6) is -0.357. The van der Waals surface area contributed by atoms with Crippen molar-refractivity contribution in [2.75, 3.05) is 26.2 Å². The normalized spacial score (nSPS) is 26.1. The van der Waals surface area contributed by atoms with Crippen molar-refractivity contribution in [3.05, 3.63) is 29.3 Å². The quantitative estimate of drug-likeness (QED) is 0.600. The van der Waals surface area contributed by atoms with E-state index >= 15 is 0 Å². The van der Waals surface area contributed by atoms with Crippen LogP contribution in [-0.4, -0.2) is 49.1 Å². The van der Waals surface area contributed by atoms with Crippen LogP contribution in [0.3, 0.4) is 0 Å². The minimum atomic E-state index is -0.917. The SMILES string of the molecule is CC(C)(C)OC(=O)C1C(=O)c2cc(CC3CCNC3)ccc2OC12CCNCC2. The number of rotatable bonds is 3. The molecule has 6 nitrogen and oxygen atoms in total. The van der Waals surface area contributed by atoms with Gasteiger partial charge in [-0.3, -0.25) is 9.59 Å². The molecule has 3 aliphatic rings. The highest BCUT2D eigenvalue weighted by Gasteiger charge is 2.55. The summed E-state index contributed by atoms with van der Waals surface area (Å²) in [6.45, 7) is 8.98. The maximum atomic E-state index is 13.6. The summed E-state index contributed by atoms with van der Waals surface area (Å²) < 4.78 is 12.1. The summed E-state index contributed by atoms with van der Waals surface area (Å²) in [6.07, 6.45) is 3.30. The van der Waals surface area contributed by atoms with Crippen LogP contribution in [0.5, 0.6) is 5.75 Å². The highest BCUT2D eigenvalue weighted by Crippen LogP contribution is 2.43. The van der Waals surface area contributed by atoms with Gasteiger partial charge in [0.2, 0.25) is 0 Å². The number of benzene rings is 1. The predicted molar refractivity (Wildman–Crippen MR) is 110 cm³/mol. The van der Waals surface area contributed by atoms with Gasteiger partial charge in [-0.2, -0.15) is 0 Å². The maximum absolute atomic E-state index is 13.6. The molecule has 0 aliphatic carbocycles. The third-order valence-corrected chi connectivity index (χ3v) is 6.19. The van der Waals surface area contributed by atoms with Crippen LogP contribution in [0.25, 0.3) is 0 Å². The van der Waals surface area contributed by atoms with Gasteiger partial charge < -0.3 is 20.1 Å². The number of hydrogen-bond donors (Lipinski definition) is 2. The highest BCUT2D eigenvalue weighted by molar-refractivity contribution is 6.12. The molecule has 2 saturated heterocycles. The van der Waals surface area contributed by atoms with Crippen molar-refractivity contribution in [1.82, 2.24) is 10.6 Å². The zero-order chi connectivity index (χ0) is 20.6. The van der Waals surface area contributed by atoms with Crippen LogP contribution >= 0.6 is 0 Å². The van der Waals surface area contributed by atoms with E-state index in [1.807, 2.05) is 32.9 Å². The van der Waals surface area contributed by atoms with Crippen molar-refractivity contribution in [2.24, 2.45) is 11.8 Å². The fourth-order valence-corrected chi connectivity index (χ4v) is 4.80. The Morgan fingerprint density at radius 3 is 2.62 bits per heavy atom. The maximum Gasteiger partial charge on any atom is 0.321 e. The number of hydrogen-bond acceptors (Lipinski definition) is 6. The Bertz CT molecular complexity index is 787. The van der Waals surface area contributed by atoms with Crippen LogP contribution in [0, 0.1) is 11.8 Å². The Kier molecular flexibility index (Phi) is 5.42. The topological polar surface area (TPSA) is 76.7 Å². The molecule has 2 unspecified atom stereocenters. The summed E-state index contributed by atoms with van der Waals surface area (Å²) >= 11 is 0. The lowest BCUT2D eigenvalue weighted by Gasteiger charge is -2.45. The molecule has 3 aliphatic heterocycles. The van der Waals surface area contributed by atoms with Gasteiger partial charge in [-0.15, -0.1) is 0 Å². The first-order chi connectivity index (χ1) is 13.8. The molecule has 3 heterocycles. The number of Topliss-reactive ketones (excluding diaryl/α,β-unsaturated/α-hetero) is 1. The van der Waals surface area contributed by atoms with Crippen molar-refractivity contribution in [3.8, 4) is 5.75 Å². The van der Waals surface area contributed by atoms with Crippen LogP contribution in [0.1, 0.15) is 56.0 Å². The van der Waals surface area contributed by atoms with E-state index in [2.05, 4.69) is 16.7 Å². The molecule has 6 heteroatoms. The minimum absolute atomic E-state index is 0.159. The number of ether oxygens (including phenoxy) is 2.